The first-order valence-corrected chi connectivity index (χ1v) is 14.0. The van der Waals surface area contributed by atoms with Crippen molar-refractivity contribution in [3.05, 3.63) is 142 Å². The number of nitrogens with one attached hydrogen (secondary N) is 1. The second-order valence-corrected chi connectivity index (χ2v) is 11.6. The van der Waals surface area contributed by atoms with Gasteiger partial charge in [-0.05, 0) is 61.1 Å². The van der Waals surface area contributed by atoms with E-state index in [0.717, 1.165) is 24.2 Å². The Morgan fingerprint density at radius 1 is 0.795 bits per heavy atom. The van der Waals surface area contributed by atoms with Crippen LogP contribution in [0.5, 0.6) is 0 Å². The molecule has 7 rings (SSSR count). The summed E-state index contributed by atoms with van der Waals surface area (Å²) in [6.07, 6.45) is 3.32. The molecule has 1 N–H and O–H groups in total. The van der Waals surface area contributed by atoms with Gasteiger partial charge < -0.3 is 5.32 Å². The summed E-state index contributed by atoms with van der Waals surface area (Å²) < 4.78 is 0. The minimum Gasteiger partial charge on any atom is -0.325 e. The largest absolute Gasteiger partial charge is 0.325 e. The van der Waals surface area contributed by atoms with Crippen molar-refractivity contribution >= 4 is 17.7 Å². The lowest BCUT2D eigenvalue weighted by Crippen LogP contribution is -2.48. The molecule has 0 aliphatic carbocycles. The molecular weight excluding hydrogens is 476 g/mol. The fraction of sp³-hybridized carbons (Fsp3) is 0.250. The van der Waals surface area contributed by atoms with Crippen molar-refractivity contribution in [2.75, 3.05) is 11.9 Å². The van der Waals surface area contributed by atoms with Crippen LogP contribution < -0.4 is 5.32 Å². The molecule has 0 bridgehead atoms. The molecule has 4 atom stereocenters. The number of anilines is 1. The van der Waals surface area contributed by atoms with Gasteiger partial charge in [-0.25, -0.2) is 0 Å². The zero-order valence-electron chi connectivity index (χ0n) is 22.8. The molecule has 4 aromatic rings. The molecule has 2 saturated heterocycles. The van der Waals surface area contributed by atoms with E-state index in [1.807, 2.05) is 6.07 Å². The van der Waals surface area contributed by atoms with Crippen LogP contribution in [0.25, 0.3) is 6.08 Å². The number of para-hydroxylation sites is 1. The molecule has 1 amide bonds. The predicted octanol–water partition coefficient (Wildman–Crippen LogP) is 7.50. The first kappa shape index (κ1) is 24.1. The summed E-state index contributed by atoms with van der Waals surface area (Å²) in [4.78, 5) is 17.2. The van der Waals surface area contributed by atoms with Gasteiger partial charge in [-0.1, -0.05) is 114 Å². The van der Waals surface area contributed by atoms with Crippen LogP contribution in [0.1, 0.15) is 57.3 Å². The van der Waals surface area contributed by atoms with Crippen LogP contribution in [0.15, 0.2) is 103 Å². The Kier molecular flexibility index (Phi) is 5.61. The number of hydrogen-bond acceptors (Lipinski definition) is 2. The Hall–Kier alpha value is -3.95. The van der Waals surface area contributed by atoms with Crippen LogP contribution >= 0.6 is 0 Å². The lowest BCUT2D eigenvalue weighted by atomic mass is 9.62. The van der Waals surface area contributed by atoms with E-state index >= 15 is 0 Å². The topological polar surface area (TPSA) is 32.3 Å². The van der Waals surface area contributed by atoms with Crippen LogP contribution in [0, 0.1) is 20.8 Å². The Morgan fingerprint density at radius 2 is 1.46 bits per heavy atom. The average molecular weight is 511 g/mol. The second-order valence-electron chi connectivity index (χ2n) is 11.6. The van der Waals surface area contributed by atoms with Gasteiger partial charge in [0.2, 0.25) is 5.91 Å². The SMILES string of the molecule is Cc1cccc(/C=C2\CCN3[C@H](c4cccc(C)c4)[C@@H](c4cccc(C)c4)[C@@]4(C(=O)Nc5ccccc54)[C@@H]23)c1. The fourth-order valence-corrected chi connectivity index (χ4v) is 7.75. The Morgan fingerprint density at radius 3 is 2.21 bits per heavy atom. The first-order valence-electron chi connectivity index (χ1n) is 14.0. The van der Waals surface area contributed by atoms with E-state index in [1.54, 1.807) is 0 Å². The molecule has 3 aliphatic rings. The number of rotatable bonds is 3. The zero-order chi connectivity index (χ0) is 26.7. The molecule has 0 aromatic heterocycles. The summed E-state index contributed by atoms with van der Waals surface area (Å²) in [6, 6.07) is 34.9. The standard InChI is InChI=1S/C36H34N2O/c1-23-9-6-12-26(19-23)22-29-17-18-38-33(28-14-8-11-25(3)21-28)32(27-13-7-10-24(2)20-27)36(34(29)38)30-15-4-5-16-31(30)37-35(36)39/h4-16,19-22,32-34H,17-18H2,1-3H3,(H,37,39)/b29-22+/t32-,33-,34-,36-/m1/s1. The van der Waals surface area contributed by atoms with Crippen molar-refractivity contribution in [3.63, 3.8) is 0 Å². The number of carbonyl (C=O) groups is 1. The van der Waals surface area contributed by atoms with Crippen molar-refractivity contribution in [2.45, 2.75) is 50.6 Å². The number of fused-ring (bicyclic) bond motifs is 4. The van der Waals surface area contributed by atoms with Crippen LogP contribution in [0.4, 0.5) is 5.69 Å². The zero-order valence-corrected chi connectivity index (χ0v) is 22.8. The lowest BCUT2D eigenvalue weighted by Gasteiger charge is -2.36. The molecule has 194 valence electrons. The highest BCUT2D eigenvalue weighted by Gasteiger charge is 2.69. The van der Waals surface area contributed by atoms with Crippen LogP contribution in [0.2, 0.25) is 0 Å². The van der Waals surface area contributed by atoms with Gasteiger partial charge in [0.15, 0.2) is 0 Å². The third kappa shape index (κ3) is 3.64. The van der Waals surface area contributed by atoms with Crippen molar-refractivity contribution in [1.29, 1.82) is 0 Å². The van der Waals surface area contributed by atoms with Crippen LogP contribution in [0.3, 0.4) is 0 Å². The predicted molar refractivity (Wildman–Crippen MR) is 159 cm³/mol. The molecule has 4 aromatic carbocycles. The van der Waals surface area contributed by atoms with E-state index in [-0.39, 0.29) is 23.9 Å². The smallest absolute Gasteiger partial charge is 0.237 e. The van der Waals surface area contributed by atoms with Gasteiger partial charge in [-0.2, -0.15) is 0 Å². The summed E-state index contributed by atoms with van der Waals surface area (Å²) >= 11 is 0. The molecule has 0 saturated carbocycles. The minimum atomic E-state index is -0.731. The van der Waals surface area contributed by atoms with E-state index in [0.29, 0.717) is 0 Å². The van der Waals surface area contributed by atoms with Gasteiger partial charge in [0.1, 0.15) is 5.41 Å². The van der Waals surface area contributed by atoms with E-state index in [4.69, 9.17) is 0 Å². The van der Waals surface area contributed by atoms with Gasteiger partial charge in [0, 0.05) is 24.2 Å². The number of hydrogen-bond donors (Lipinski definition) is 1. The molecule has 2 fully saturated rings. The average Bonchev–Trinajstić information content (AvgIpc) is 3.55. The number of benzene rings is 4. The molecular formula is C36H34N2O. The molecule has 1 spiro atoms. The van der Waals surface area contributed by atoms with E-state index in [2.05, 4.69) is 128 Å². The third-order valence-electron chi connectivity index (χ3n) is 9.11. The fourth-order valence-electron chi connectivity index (χ4n) is 7.75. The van der Waals surface area contributed by atoms with Crippen LogP contribution in [-0.4, -0.2) is 23.4 Å². The van der Waals surface area contributed by atoms with Gasteiger partial charge in [0.25, 0.3) is 0 Å². The van der Waals surface area contributed by atoms with Gasteiger partial charge in [0.05, 0.1) is 6.04 Å². The second kappa shape index (κ2) is 9.07. The molecule has 3 aliphatic heterocycles. The Balaban J connectivity index is 1.53. The van der Waals surface area contributed by atoms with Crippen molar-refractivity contribution in [1.82, 2.24) is 4.90 Å². The van der Waals surface area contributed by atoms with Crippen molar-refractivity contribution in [2.24, 2.45) is 0 Å². The highest BCUT2D eigenvalue weighted by Crippen LogP contribution is 2.65. The number of carbonyl (C=O) groups excluding carboxylic acids is 1. The summed E-state index contributed by atoms with van der Waals surface area (Å²) in [5.41, 5.74) is 10.1. The summed E-state index contributed by atoms with van der Waals surface area (Å²) in [6.45, 7) is 7.39. The molecule has 3 heteroatoms. The highest BCUT2D eigenvalue weighted by atomic mass is 16.2. The van der Waals surface area contributed by atoms with E-state index in [9.17, 15) is 4.79 Å². The minimum absolute atomic E-state index is 0.0299. The highest BCUT2D eigenvalue weighted by molar-refractivity contribution is 6.09. The Bertz CT molecular complexity index is 1630. The summed E-state index contributed by atoms with van der Waals surface area (Å²) in [5.74, 6) is 0.0893. The summed E-state index contributed by atoms with van der Waals surface area (Å²) in [5, 5.41) is 3.34. The van der Waals surface area contributed by atoms with Crippen molar-refractivity contribution < 1.29 is 4.79 Å². The molecule has 3 nitrogen and oxygen atoms in total. The van der Waals surface area contributed by atoms with Gasteiger partial charge >= 0.3 is 0 Å². The molecule has 3 heterocycles. The number of aryl methyl sites for hydroxylation is 3. The maximum atomic E-state index is 14.6. The normalized spacial score (nSPS) is 26.7. The maximum Gasteiger partial charge on any atom is 0.237 e. The van der Waals surface area contributed by atoms with Gasteiger partial charge in [-0.3, -0.25) is 9.69 Å². The maximum absolute atomic E-state index is 14.6. The van der Waals surface area contributed by atoms with Crippen molar-refractivity contribution in [3.8, 4) is 0 Å². The van der Waals surface area contributed by atoms with E-state index in [1.165, 1.54) is 39.0 Å². The quantitative estimate of drug-likeness (QED) is 0.310. The lowest BCUT2D eigenvalue weighted by molar-refractivity contribution is -0.121. The molecule has 0 radical (unpaired) electrons. The number of nitrogens with zero attached hydrogens (tertiary/aromatic N) is 1. The summed E-state index contributed by atoms with van der Waals surface area (Å²) in [7, 11) is 0. The monoisotopic (exact) mass is 510 g/mol. The van der Waals surface area contributed by atoms with Crippen LogP contribution in [-0.2, 0) is 10.2 Å². The van der Waals surface area contributed by atoms with E-state index < -0.39 is 5.41 Å². The first-order chi connectivity index (χ1) is 19.0. The van der Waals surface area contributed by atoms with Gasteiger partial charge in [-0.15, -0.1) is 0 Å². The number of amides is 1. The molecule has 0 unspecified atom stereocenters. The third-order valence-corrected chi connectivity index (χ3v) is 9.11. The Labute approximate surface area is 231 Å². The molecule has 39 heavy (non-hydrogen) atoms.